The molecule has 102 valence electrons. The summed E-state index contributed by atoms with van der Waals surface area (Å²) in [4.78, 5) is 26.3. The molecular formula is C14H20N4O. The highest BCUT2D eigenvalue weighted by molar-refractivity contribution is 5.91. The number of hydrogen-bond donors (Lipinski definition) is 1. The van der Waals surface area contributed by atoms with Crippen molar-refractivity contribution in [3.63, 3.8) is 0 Å². The third kappa shape index (κ3) is 2.29. The average Bonchev–Trinajstić information content (AvgIpc) is 2.84. The van der Waals surface area contributed by atoms with Gasteiger partial charge in [-0.3, -0.25) is 4.79 Å². The summed E-state index contributed by atoms with van der Waals surface area (Å²) in [5.41, 5.74) is 0.703. The highest BCUT2D eigenvalue weighted by Crippen LogP contribution is 2.25. The van der Waals surface area contributed by atoms with Crippen molar-refractivity contribution < 1.29 is 0 Å². The molecule has 1 aromatic rings. The molecule has 0 aromatic carbocycles. The quantitative estimate of drug-likeness (QED) is 0.839. The summed E-state index contributed by atoms with van der Waals surface area (Å²) in [7, 11) is 0. The SMILES string of the molecule is CC(C)c1nc2c(c(=O)[nH]1)CC(N1CCCCC1)=N2. The van der Waals surface area contributed by atoms with Gasteiger partial charge in [-0.1, -0.05) is 13.8 Å². The monoisotopic (exact) mass is 260 g/mol. The maximum atomic E-state index is 12.1. The number of hydrogen-bond acceptors (Lipinski definition) is 4. The van der Waals surface area contributed by atoms with Crippen molar-refractivity contribution in [2.45, 2.75) is 45.4 Å². The van der Waals surface area contributed by atoms with Crippen molar-refractivity contribution in [3.8, 4) is 0 Å². The van der Waals surface area contributed by atoms with E-state index in [4.69, 9.17) is 0 Å². The van der Waals surface area contributed by atoms with Crippen LogP contribution < -0.4 is 5.56 Å². The predicted molar refractivity (Wildman–Crippen MR) is 75.2 cm³/mol. The Kier molecular flexibility index (Phi) is 3.12. The number of aromatic nitrogens is 2. The second-order valence-electron chi connectivity index (χ2n) is 5.66. The Hall–Kier alpha value is -1.65. The average molecular weight is 260 g/mol. The zero-order valence-corrected chi connectivity index (χ0v) is 11.6. The van der Waals surface area contributed by atoms with Crippen molar-refractivity contribution in [3.05, 3.63) is 21.7 Å². The van der Waals surface area contributed by atoms with E-state index in [1.807, 2.05) is 13.8 Å². The lowest BCUT2D eigenvalue weighted by atomic mass is 10.1. The van der Waals surface area contributed by atoms with Gasteiger partial charge in [-0.05, 0) is 19.3 Å². The van der Waals surface area contributed by atoms with Crippen LogP contribution in [0.5, 0.6) is 0 Å². The van der Waals surface area contributed by atoms with Crippen molar-refractivity contribution in [2.24, 2.45) is 4.99 Å². The molecule has 1 saturated heterocycles. The lowest BCUT2D eigenvalue weighted by Crippen LogP contribution is -2.36. The Labute approximate surface area is 112 Å². The number of aromatic amines is 1. The molecule has 0 unspecified atom stereocenters. The molecule has 19 heavy (non-hydrogen) atoms. The second-order valence-corrected chi connectivity index (χ2v) is 5.66. The number of rotatable bonds is 1. The maximum absolute atomic E-state index is 12.1. The minimum absolute atomic E-state index is 0.0236. The summed E-state index contributed by atoms with van der Waals surface area (Å²) in [5, 5.41) is 0. The topological polar surface area (TPSA) is 61.4 Å². The van der Waals surface area contributed by atoms with Crippen LogP contribution in [0.3, 0.4) is 0 Å². The van der Waals surface area contributed by atoms with E-state index < -0.39 is 0 Å². The molecule has 0 radical (unpaired) electrons. The molecule has 1 aromatic heterocycles. The first-order valence-electron chi connectivity index (χ1n) is 7.11. The number of nitrogens with zero attached hydrogens (tertiary/aromatic N) is 3. The first kappa shape index (κ1) is 12.4. The lowest BCUT2D eigenvalue weighted by Gasteiger charge is -2.28. The van der Waals surface area contributed by atoms with Gasteiger partial charge in [-0.2, -0.15) is 0 Å². The van der Waals surface area contributed by atoms with Crippen LogP contribution in [0.2, 0.25) is 0 Å². The number of H-pyrrole nitrogens is 1. The Morgan fingerprint density at radius 1 is 1.21 bits per heavy atom. The molecule has 0 spiro atoms. The summed E-state index contributed by atoms with van der Waals surface area (Å²) in [5.74, 6) is 2.60. The van der Waals surface area contributed by atoms with Gasteiger partial charge in [0.1, 0.15) is 11.7 Å². The summed E-state index contributed by atoms with van der Waals surface area (Å²) in [6, 6.07) is 0. The summed E-state index contributed by atoms with van der Waals surface area (Å²) >= 11 is 0. The third-order valence-electron chi connectivity index (χ3n) is 3.85. The highest BCUT2D eigenvalue weighted by atomic mass is 16.1. The zero-order chi connectivity index (χ0) is 13.4. The largest absolute Gasteiger partial charge is 0.360 e. The number of fused-ring (bicyclic) bond motifs is 1. The Bertz CT molecular complexity index is 567. The molecule has 2 aliphatic rings. The number of nitrogens with one attached hydrogen (secondary N) is 1. The van der Waals surface area contributed by atoms with Gasteiger partial charge < -0.3 is 9.88 Å². The van der Waals surface area contributed by atoms with E-state index in [0.717, 1.165) is 30.3 Å². The van der Waals surface area contributed by atoms with Crippen molar-refractivity contribution in [2.75, 3.05) is 13.1 Å². The van der Waals surface area contributed by atoms with Gasteiger partial charge in [0.2, 0.25) is 0 Å². The van der Waals surface area contributed by atoms with Crippen LogP contribution in [0, 0.1) is 0 Å². The number of likely N-dealkylation sites (tertiary alicyclic amines) is 1. The van der Waals surface area contributed by atoms with Crippen molar-refractivity contribution >= 4 is 11.7 Å². The van der Waals surface area contributed by atoms with E-state index in [1.165, 1.54) is 19.3 Å². The number of piperidine rings is 1. The van der Waals surface area contributed by atoms with Crippen LogP contribution >= 0.6 is 0 Å². The Balaban J connectivity index is 1.91. The predicted octanol–water partition coefficient (Wildman–Crippen LogP) is 1.97. The van der Waals surface area contributed by atoms with E-state index >= 15 is 0 Å². The van der Waals surface area contributed by atoms with Gasteiger partial charge in [0.25, 0.3) is 5.56 Å². The maximum Gasteiger partial charge on any atom is 0.256 e. The molecule has 2 aliphatic heterocycles. The van der Waals surface area contributed by atoms with Gasteiger partial charge in [0.15, 0.2) is 5.82 Å². The van der Waals surface area contributed by atoms with Crippen molar-refractivity contribution in [1.82, 2.24) is 14.9 Å². The molecule has 1 fully saturated rings. The lowest BCUT2D eigenvalue weighted by molar-refractivity contribution is 0.339. The minimum atomic E-state index is -0.0236. The fourth-order valence-electron chi connectivity index (χ4n) is 2.68. The fourth-order valence-corrected chi connectivity index (χ4v) is 2.68. The first-order chi connectivity index (χ1) is 9.15. The van der Waals surface area contributed by atoms with Crippen molar-refractivity contribution in [1.29, 1.82) is 0 Å². The van der Waals surface area contributed by atoms with Gasteiger partial charge >= 0.3 is 0 Å². The van der Waals surface area contributed by atoms with Gasteiger partial charge in [0, 0.05) is 25.4 Å². The number of aliphatic imine (C=N–C) groups is 1. The molecular weight excluding hydrogens is 240 g/mol. The standard InChI is InChI=1S/C14H20N4O/c1-9(2)12-16-13-10(14(19)17-12)8-11(15-13)18-6-4-3-5-7-18/h9H,3-8H2,1-2H3,(H,16,17,19). The Morgan fingerprint density at radius 2 is 1.95 bits per heavy atom. The molecule has 0 amide bonds. The zero-order valence-electron chi connectivity index (χ0n) is 11.6. The van der Waals surface area contributed by atoms with Crippen LogP contribution in [-0.4, -0.2) is 33.8 Å². The summed E-state index contributed by atoms with van der Waals surface area (Å²) in [6.07, 6.45) is 4.37. The van der Waals surface area contributed by atoms with Crippen LogP contribution in [0.4, 0.5) is 5.82 Å². The molecule has 5 heteroatoms. The Morgan fingerprint density at radius 3 is 2.63 bits per heavy atom. The van der Waals surface area contributed by atoms with Crippen LogP contribution in [0.25, 0.3) is 0 Å². The molecule has 0 saturated carbocycles. The number of amidine groups is 1. The van der Waals surface area contributed by atoms with E-state index in [9.17, 15) is 4.79 Å². The smallest absolute Gasteiger partial charge is 0.256 e. The van der Waals surface area contributed by atoms with Crippen LogP contribution in [0.15, 0.2) is 9.79 Å². The van der Waals surface area contributed by atoms with E-state index in [1.54, 1.807) is 0 Å². The second kappa shape index (κ2) is 4.79. The molecule has 0 atom stereocenters. The fraction of sp³-hybridized carbons (Fsp3) is 0.643. The molecule has 0 aliphatic carbocycles. The molecule has 1 N–H and O–H groups in total. The normalized spacial score (nSPS) is 18.7. The van der Waals surface area contributed by atoms with Gasteiger partial charge in [-0.15, -0.1) is 0 Å². The van der Waals surface area contributed by atoms with Gasteiger partial charge in [-0.25, -0.2) is 9.98 Å². The molecule has 3 rings (SSSR count). The van der Waals surface area contributed by atoms with Crippen LogP contribution in [0.1, 0.15) is 50.4 Å². The van der Waals surface area contributed by atoms with E-state index in [2.05, 4.69) is 19.9 Å². The van der Waals surface area contributed by atoms with Crippen LogP contribution in [-0.2, 0) is 6.42 Å². The van der Waals surface area contributed by atoms with E-state index in [-0.39, 0.29) is 11.5 Å². The molecule has 5 nitrogen and oxygen atoms in total. The highest BCUT2D eigenvalue weighted by Gasteiger charge is 2.25. The first-order valence-corrected chi connectivity index (χ1v) is 7.11. The van der Waals surface area contributed by atoms with E-state index in [0.29, 0.717) is 12.2 Å². The summed E-state index contributed by atoms with van der Waals surface area (Å²) < 4.78 is 0. The third-order valence-corrected chi connectivity index (χ3v) is 3.85. The summed E-state index contributed by atoms with van der Waals surface area (Å²) in [6.45, 7) is 6.16. The van der Waals surface area contributed by atoms with Gasteiger partial charge in [0.05, 0.1) is 5.56 Å². The molecule has 0 bridgehead atoms. The minimum Gasteiger partial charge on any atom is -0.360 e. The molecule has 3 heterocycles.